The van der Waals surface area contributed by atoms with E-state index in [-0.39, 0.29) is 17.9 Å². The second-order valence-corrected chi connectivity index (χ2v) is 9.50. The molecule has 5 rings (SSSR count). The number of carbonyl (C=O) groups excluding carboxylic acids is 2. The monoisotopic (exact) mass is 494 g/mol. The molecule has 1 saturated heterocycles. The van der Waals surface area contributed by atoms with Crippen molar-refractivity contribution in [1.82, 2.24) is 24.6 Å². The first-order valence-electron chi connectivity index (χ1n) is 11.0. The molecule has 1 aliphatic rings. The fraction of sp³-hybridized carbons (Fsp3) is 0.250. The van der Waals surface area contributed by atoms with Crippen LogP contribution in [0, 0.1) is 0 Å². The van der Waals surface area contributed by atoms with Crippen LogP contribution in [-0.4, -0.2) is 37.6 Å². The first-order chi connectivity index (χ1) is 16.5. The molecular formula is C24H23ClN6O2S. The van der Waals surface area contributed by atoms with Crippen molar-refractivity contribution >= 4 is 40.4 Å². The summed E-state index contributed by atoms with van der Waals surface area (Å²) in [5, 5.41) is 5.98. The van der Waals surface area contributed by atoms with E-state index >= 15 is 0 Å². The maximum Gasteiger partial charge on any atom is 0.274 e. The number of halogens is 1. The highest BCUT2D eigenvalue weighted by Gasteiger charge is 2.34. The number of rotatable bonds is 6. The highest BCUT2D eigenvalue weighted by molar-refractivity contribution is 7.09. The zero-order chi connectivity index (χ0) is 23.7. The molecule has 1 aliphatic heterocycles. The number of nitrogens with zero attached hydrogens (tertiary/aromatic N) is 4. The number of thiazole rings is 1. The summed E-state index contributed by atoms with van der Waals surface area (Å²) in [6.07, 6.45) is 5.09. The molecule has 0 aliphatic carbocycles. The second kappa shape index (κ2) is 9.54. The Bertz CT molecular complexity index is 1350. The predicted octanol–water partition coefficient (Wildman–Crippen LogP) is 3.81. The molecule has 10 heteroatoms. The number of fused-ring (bicyclic) bond motifs is 1. The molecule has 3 N–H and O–H groups in total. The van der Waals surface area contributed by atoms with E-state index in [1.165, 1.54) is 11.3 Å². The van der Waals surface area contributed by atoms with Gasteiger partial charge in [0.1, 0.15) is 22.0 Å². The predicted molar refractivity (Wildman–Crippen MR) is 131 cm³/mol. The standard InChI is InChI=1S/C24H23ClN6O2S/c25-17-7-8-21-28-18(13-30(21)12-17)24(33)31-9-1-2-20(31)23-29-19(14-34-23)22(32)27-11-16-5-3-15(10-26)4-6-16/h3-8,12-14,20H,1-2,9-11,26H2,(H,27,32). The van der Waals surface area contributed by atoms with E-state index in [0.29, 0.717) is 41.7 Å². The molecular weight excluding hydrogens is 472 g/mol. The number of imidazole rings is 1. The highest BCUT2D eigenvalue weighted by atomic mass is 35.5. The van der Waals surface area contributed by atoms with Crippen molar-refractivity contribution < 1.29 is 9.59 Å². The number of amides is 2. The number of hydrogen-bond acceptors (Lipinski definition) is 6. The molecule has 1 unspecified atom stereocenters. The van der Waals surface area contributed by atoms with Crippen LogP contribution in [0.15, 0.2) is 54.2 Å². The molecule has 1 fully saturated rings. The van der Waals surface area contributed by atoms with Gasteiger partial charge in [0.15, 0.2) is 0 Å². The number of pyridine rings is 1. The lowest BCUT2D eigenvalue weighted by molar-refractivity contribution is 0.0730. The van der Waals surface area contributed by atoms with Gasteiger partial charge in [0.2, 0.25) is 0 Å². The van der Waals surface area contributed by atoms with Crippen molar-refractivity contribution in [3.8, 4) is 0 Å². The second-order valence-electron chi connectivity index (χ2n) is 8.17. The maximum absolute atomic E-state index is 13.2. The summed E-state index contributed by atoms with van der Waals surface area (Å²) in [6, 6.07) is 11.1. The number of aromatic nitrogens is 3. The van der Waals surface area contributed by atoms with E-state index in [0.717, 1.165) is 29.0 Å². The van der Waals surface area contributed by atoms with Crippen molar-refractivity contribution in [2.75, 3.05) is 6.54 Å². The lowest BCUT2D eigenvalue weighted by atomic mass is 10.1. The zero-order valence-corrected chi connectivity index (χ0v) is 19.9. The van der Waals surface area contributed by atoms with Crippen LogP contribution in [0.1, 0.15) is 56.0 Å². The normalized spacial score (nSPS) is 15.7. The van der Waals surface area contributed by atoms with E-state index in [9.17, 15) is 9.59 Å². The van der Waals surface area contributed by atoms with Crippen molar-refractivity contribution in [2.45, 2.75) is 32.0 Å². The Labute approximate surface area is 205 Å². The summed E-state index contributed by atoms with van der Waals surface area (Å²) >= 11 is 7.45. The quantitative estimate of drug-likeness (QED) is 0.424. The van der Waals surface area contributed by atoms with Crippen LogP contribution in [0.25, 0.3) is 5.65 Å². The van der Waals surface area contributed by atoms with Gasteiger partial charge in [-0.15, -0.1) is 11.3 Å². The number of nitrogens with one attached hydrogen (secondary N) is 1. The Balaban J connectivity index is 1.27. The molecule has 1 atom stereocenters. The summed E-state index contributed by atoms with van der Waals surface area (Å²) in [5.41, 5.74) is 9.05. The number of benzene rings is 1. The van der Waals surface area contributed by atoms with E-state index in [1.54, 1.807) is 39.2 Å². The van der Waals surface area contributed by atoms with Gasteiger partial charge in [-0.2, -0.15) is 0 Å². The molecule has 4 heterocycles. The Morgan fingerprint density at radius 2 is 1.88 bits per heavy atom. The van der Waals surface area contributed by atoms with Gasteiger partial charge in [0, 0.05) is 37.4 Å². The molecule has 0 bridgehead atoms. The Morgan fingerprint density at radius 3 is 2.68 bits per heavy atom. The van der Waals surface area contributed by atoms with Crippen LogP contribution in [0.2, 0.25) is 5.02 Å². The zero-order valence-electron chi connectivity index (χ0n) is 18.3. The average molecular weight is 495 g/mol. The lowest BCUT2D eigenvalue weighted by Crippen LogP contribution is -2.31. The van der Waals surface area contributed by atoms with Gasteiger partial charge in [0.25, 0.3) is 11.8 Å². The molecule has 174 valence electrons. The third kappa shape index (κ3) is 4.54. The molecule has 0 spiro atoms. The molecule has 0 saturated carbocycles. The van der Waals surface area contributed by atoms with Crippen LogP contribution in [0.5, 0.6) is 0 Å². The molecule has 34 heavy (non-hydrogen) atoms. The topological polar surface area (TPSA) is 106 Å². The Kier molecular flexibility index (Phi) is 6.32. The SMILES string of the molecule is NCc1ccc(CNC(=O)c2csc(C3CCCN3C(=O)c3cn4cc(Cl)ccc4n3)n2)cc1. The van der Waals surface area contributed by atoms with Gasteiger partial charge in [-0.1, -0.05) is 35.9 Å². The van der Waals surface area contributed by atoms with Crippen LogP contribution < -0.4 is 11.1 Å². The van der Waals surface area contributed by atoms with E-state index in [1.807, 2.05) is 24.3 Å². The van der Waals surface area contributed by atoms with Gasteiger partial charge in [-0.3, -0.25) is 9.59 Å². The van der Waals surface area contributed by atoms with Crippen molar-refractivity contribution in [2.24, 2.45) is 5.73 Å². The van der Waals surface area contributed by atoms with Crippen LogP contribution in [0.4, 0.5) is 0 Å². The highest BCUT2D eigenvalue weighted by Crippen LogP contribution is 2.34. The third-order valence-electron chi connectivity index (χ3n) is 5.90. The first kappa shape index (κ1) is 22.5. The van der Waals surface area contributed by atoms with Gasteiger partial charge < -0.3 is 20.4 Å². The Hall–Kier alpha value is -3.27. The largest absolute Gasteiger partial charge is 0.347 e. The van der Waals surface area contributed by atoms with E-state index in [4.69, 9.17) is 17.3 Å². The average Bonchev–Trinajstić information content (AvgIpc) is 3.61. The van der Waals surface area contributed by atoms with Gasteiger partial charge in [-0.05, 0) is 36.1 Å². The van der Waals surface area contributed by atoms with Gasteiger partial charge in [-0.25, -0.2) is 9.97 Å². The molecule has 0 radical (unpaired) electrons. The molecule has 8 nitrogen and oxygen atoms in total. The fourth-order valence-corrected chi connectivity index (χ4v) is 5.21. The molecule has 1 aromatic carbocycles. The molecule has 3 aromatic heterocycles. The van der Waals surface area contributed by atoms with Crippen LogP contribution >= 0.6 is 22.9 Å². The summed E-state index contributed by atoms with van der Waals surface area (Å²) in [5.74, 6) is -0.386. The molecule has 2 amide bonds. The number of nitrogens with two attached hydrogens (primary N) is 1. The van der Waals surface area contributed by atoms with Crippen LogP contribution in [-0.2, 0) is 13.1 Å². The van der Waals surface area contributed by atoms with Crippen molar-refractivity contribution in [3.05, 3.63) is 86.7 Å². The van der Waals surface area contributed by atoms with E-state index in [2.05, 4.69) is 15.3 Å². The Morgan fingerprint density at radius 1 is 1.09 bits per heavy atom. The number of likely N-dealkylation sites (tertiary alicyclic amines) is 1. The summed E-state index contributed by atoms with van der Waals surface area (Å²) in [4.78, 5) is 36.7. The lowest BCUT2D eigenvalue weighted by Gasteiger charge is -2.22. The maximum atomic E-state index is 13.2. The fourth-order valence-electron chi connectivity index (χ4n) is 4.09. The summed E-state index contributed by atoms with van der Waals surface area (Å²) in [6.45, 7) is 1.51. The van der Waals surface area contributed by atoms with Gasteiger partial charge >= 0.3 is 0 Å². The number of carbonyl (C=O) groups is 2. The summed E-state index contributed by atoms with van der Waals surface area (Å²) < 4.78 is 1.75. The number of hydrogen-bond donors (Lipinski definition) is 2. The van der Waals surface area contributed by atoms with Crippen molar-refractivity contribution in [1.29, 1.82) is 0 Å². The smallest absolute Gasteiger partial charge is 0.274 e. The third-order valence-corrected chi connectivity index (χ3v) is 7.07. The van der Waals surface area contributed by atoms with Crippen molar-refractivity contribution in [3.63, 3.8) is 0 Å². The summed E-state index contributed by atoms with van der Waals surface area (Å²) in [7, 11) is 0. The minimum Gasteiger partial charge on any atom is -0.347 e. The minimum atomic E-state index is -0.237. The van der Waals surface area contributed by atoms with Crippen LogP contribution in [0.3, 0.4) is 0 Å². The minimum absolute atomic E-state index is 0.149. The van der Waals surface area contributed by atoms with Gasteiger partial charge in [0.05, 0.1) is 11.1 Å². The molecule has 4 aromatic rings. The first-order valence-corrected chi connectivity index (χ1v) is 12.2. The van der Waals surface area contributed by atoms with E-state index < -0.39 is 0 Å².